The summed E-state index contributed by atoms with van der Waals surface area (Å²) in [4.78, 5) is 11.0. The SMILES string of the molecule is Brc1cnccc1NCCc1cnc[nH]1. The van der Waals surface area contributed by atoms with Gasteiger partial charge in [-0.25, -0.2) is 4.98 Å². The van der Waals surface area contributed by atoms with Gasteiger partial charge >= 0.3 is 0 Å². The van der Waals surface area contributed by atoms with Gasteiger partial charge in [0.1, 0.15) is 0 Å². The van der Waals surface area contributed by atoms with Crippen molar-refractivity contribution in [3.63, 3.8) is 0 Å². The fourth-order valence-electron chi connectivity index (χ4n) is 1.27. The highest BCUT2D eigenvalue weighted by molar-refractivity contribution is 9.10. The van der Waals surface area contributed by atoms with Crippen LogP contribution in [0.15, 0.2) is 35.5 Å². The van der Waals surface area contributed by atoms with Gasteiger partial charge in [-0.05, 0) is 22.0 Å². The molecule has 2 aromatic rings. The second-order valence-corrected chi connectivity index (χ2v) is 3.96. The van der Waals surface area contributed by atoms with E-state index in [2.05, 4.69) is 36.2 Å². The normalized spacial score (nSPS) is 10.2. The van der Waals surface area contributed by atoms with Gasteiger partial charge in [-0.2, -0.15) is 0 Å². The van der Waals surface area contributed by atoms with E-state index in [9.17, 15) is 0 Å². The number of nitrogens with one attached hydrogen (secondary N) is 2. The van der Waals surface area contributed by atoms with E-state index < -0.39 is 0 Å². The summed E-state index contributed by atoms with van der Waals surface area (Å²) in [6.07, 6.45) is 8.00. The first-order valence-corrected chi connectivity index (χ1v) is 5.46. The Hall–Kier alpha value is -1.36. The number of aromatic nitrogens is 3. The highest BCUT2D eigenvalue weighted by atomic mass is 79.9. The minimum absolute atomic E-state index is 0.866. The van der Waals surface area contributed by atoms with Gasteiger partial charge in [0.05, 0.1) is 16.5 Å². The fourth-order valence-corrected chi connectivity index (χ4v) is 1.66. The van der Waals surface area contributed by atoms with E-state index in [4.69, 9.17) is 0 Å². The number of imidazole rings is 1. The van der Waals surface area contributed by atoms with Crippen molar-refractivity contribution < 1.29 is 0 Å². The number of aromatic amines is 1. The Bertz CT molecular complexity index is 413. The van der Waals surface area contributed by atoms with E-state index in [-0.39, 0.29) is 0 Å². The zero-order valence-corrected chi connectivity index (χ0v) is 9.66. The van der Waals surface area contributed by atoms with E-state index in [0.29, 0.717) is 0 Å². The van der Waals surface area contributed by atoms with Crippen LogP contribution in [0.5, 0.6) is 0 Å². The third-order valence-corrected chi connectivity index (χ3v) is 2.67. The molecule has 4 nitrogen and oxygen atoms in total. The molecule has 2 heterocycles. The topological polar surface area (TPSA) is 53.6 Å². The zero-order valence-electron chi connectivity index (χ0n) is 8.07. The van der Waals surface area contributed by atoms with Crippen LogP contribution in [-0.2, 0) is 6.42 Å². The molecule has 0 saturated carbocycles. The number of nitrogens with zero attached hydrogens (tertiary/aromatic N) is 2. The number of hydrogen-bond acceptors (Lipinski definition) is 3. The molecule has 0 unspecified atom stereocenters. The predicted octanol–water partition coefficient (Wildman–Crippen LogP) is 2.22. The van der Waals surface area contributed by atoms with Crippen LogP contribution >= 0.6 is 15.9 Å². The summed E-state index contributed by atoms with van der Waals surface area (Å²) in [5.74, 6) is 0. The largest absolute Gasteiger partial charge is 0.384 e. The minimum atomic E-state index is 0.866. The summed E-state index contributed by atoms with van der Waals surface area (Å²) in [6, 6.07) is 1.94. The molecule has 2 rings (SSSR count). The van der Waals surface area contributed by atoms with Crippen molar-refractivity contribution in [2.24, 2.45) is 0 Å². The van der Waals surface area contributed by atoms with Crippen molar-refractivity contribution in [3.8, 4) is 0 Å². The summed E-state index contributed by atoms with van der Waals surface area (Å²) in [6.45, 7) is 0.866. The molecular weight excluding hydrogens is 256 g/mol. The molecule has 0 spiro atoms. The van der Waals surface area contributed by atoms with Crippen LogP contribution in [0.1, 0.15) is 5.69 Å². The number of rotatable bonds is 4. The van der Waals surface area contributed by atoms with Crippen molar-refractivity contribution in [2.75, 3.05) is 11.9 Å². The minimum Gasteiger partial charge on any atom is -0.384 e. The van der Waals surface area contributed by atoms with Crippen molar-refractivity contribution in [1.82, 2.24) is 15.0 Å². The third kappa shape index (κ3) is 2.79. The molecular formula is C10H11BrN4. The van der Waals surface area contributed by atoms with E-state index in [0.717, 1.165) is 28.8 Å². The van der Waals surface area contributed by atoms with E-state index in [1.807, 2.05) is 12.3 Å². The lowest BCUT2D eigenvalue weighted by atomic mass is 10.3. The first kappa shape index (κ1) is 10.2. The number of hydrogen-bond donors (Lipinski definition) is 2. The van der Waals surface area contributed by atoms with Gasteiger partial charge in [-0.15, -0.1) is 0 Å². The number of H-pyrrole nitrogens is 1. The average Bonchev–Trinajstić information content (AvgIpc) is 2.74. The van der Waals surface area contributed by atoms with Gasteiger partial charge in [0.2, 0.25) is 0 Å². The third-order valence-electron chi connectivity index (χ3n) is 2.04. The van der Waals surface area contributed by atoms with Crippen LogP contribution in [0.25, 0.3) is 0 Å². The maximum absolute atomic E-state index is 4.00. The molecule has 5 heteroatoms. The van der Waals surface area contributed by atoms with Crippen molar-refractivity contribution in [3.05, 3.63) is 41.2 Å². The Kier molecular flexibility index (Phi) is 3.34. The Morgan fingerprint density at radius 3 is 3.00 bits per heavy atom. The number of anilines is 1. The molecule has 0 fully saturated rings. The molecule has 2 N–H and O–H groups in total. The molecule has 0 radical (unpaired) electrons. The van der Waals surface area contributed by atoms with Gasteiger partial charge in [0.15, 0.2) is 0 Å². The van der Waals surface area contributed by atoms with Gasteiger partial charge < -0.3 is 10.3 Å². The average molecular weight is 267 g/mol. The maximum Gasteiger partial charge on any atom is 0.0921 e. The van der Waals surface area contributed by atoms with E-state index >= 15 is 0 Å². The summed E-state index contributed by atoms with van der Waals surface area (Å²) in [5.41, 5.74) is 2.19. The molecule has 0 aliphatic rings. The molecule has 0 aliphatic carbocycles. The van der Waals surface area contributed by atoms with Crippen molar-refractivity contribution in [2.45, 2.75) is 6.42 Å². The Morgan fingerprint density at radius 1 is 1.33 bits per heavy atom. The molecule has 0 saturated heterocycles. The standard InChI is InChI=1S/C10H11BrN4/c11-9-6-12-3-2-10(9)14-4-1-8-5-13-7-15-8/h2-3,5-7H,1,4H2,(H,12,14)(H,13,15). The van der Waals surface area contributed by atoms with Crippen LogP contribution in [0.2, 0.25) is 0 Å². The molecule has 78 valence electrons. The first-order chi connectivity index (χ1) is 7.36. The monoisotopic (exact) mass is 266 g/mol. The van der Waals surface area contributed by atoms with Crippen LogP contribution in [0.4, 0.5) is 5.69 Å². The van der Waals surface area contributed by atoms with Gasteiger partial charge in [0.25, 0.3) is 0 Å². The second kappa shape index (κ2) is 4.93. The number of pyridine rings is 1. The van der Waals surface area contributed by atoms with E-state index in [1.54, 1.807) is 18.7 Å². The lowest BCUT2D eigenvalue weighted by Gasteiger charge is -2.06. The predicted molar refractivity (Wildman–Crippen MR) is 62.7 cm³/mol. The summed E-state index contributed by atoms with van der Waals surface area (Å²) >= 11 is 3.43. The van der Waals surface area contributed by atoms with Crippen molar-refractivity contribution in [1.29, 1.82) is 0 Å². The van der Waals surface area contributed by atoms with Crippen LogP contribution in [-0.4, -0.2) is 21.5 Å². The summed E-state index contributed by atoms with van der Waals surface area (Å²) in [7, 11) is 0. The first-order valence-electron chi connectivity index (χ1n) is 4.67. The van der Waals surface area contributed by atoms with Crippen LogP contribution in [0.3, 0.4) is 0 Å². The van der Waals surface area contributed by atoms with Crippen molar-refractivity contribution >= 4 is 21.6 Å². The van der Waals surface area contributed by atoms with E-state index in [1.165, 1.54) is 0 Å². The van der Waals surface area contributed by atoms with Crippen LogP contribution < -0.4 is 5.32 Å². The Labute approximate surface area is 96.3 Å². The maximum atomic E-state index is 4.00. The lowest BCUT2D eigenvalue weighted by Crippen LogP contribution is -2.05. The Morgan fingerprint density at radius 2 is 2.27 bits per heavy atom. The molecule has 0 amide bonds. The van der Waals surface area contributed by atoms with Gasteiger partial charge in [0, 0.05) is 37.3 Å². The zero-order chi connectivity index (χ0) is 10.5. The molecule has 2 aromatic heterocycles. The highest BCUT2D eigenvalue weighted by Gasteiger charge is 1.98. The molecule has 15 heavy (non-hydrogen) atoms. The molecule has 0 aromatic carbocycles. The summed E-state index contributed by atoms with van der Waals surface area (Å²) < 4.78 is 0.981. The van der Waals surface area contributed by atoms with Crippen LogP contribution in [0, 0.1) is 0 Å². The lowest BCUT2D eigenvalue weighted by molar-refractivity contribution is 0.975. The van der Waals surface area contributed by atoms with Gasteiger partial charge in [-0.1, -0.05) is 0 Å². The molecule has 0 bridgehead atoms. The number of halogens is 1. The second-order valence-electron chi connectivity index (χ2n) is 3.11. The molecule has 0 aliphatic heterocycles. The quantitative estimate of drug-likeness (QED) is 0.893. The highest BCUT2D eigenvalue weighted by Crippen LogP contribution is 2.19. The Balaban J connectivity index is 1.86. The summed E-state index contributed by atoms with van der Waals surface area (Å²) in [5, 5.41) is 3.32. The smallest absolute Gasteiger partial charge is 0.0921 e. The fraction of sp³-hybridized carbons (Fsp3) is 0.200. The molecule has 0 atom stereocenters. The van der Waals surface area contributed by atoms with Gasteiger partial charge in [-0.3, -0.25) is 4.98 Å².